The van der Waals surface area contributed by atoms with Gasteiger partial charge < -0.3 is 15.6 Å². The lowest BCUT2D eigenvalue weighted by Gasteiger charge is -2.26. The maximum atomic E-state index is 6.03. The molecule has 4 heteroatoms. The lowest BCUT2D eigenvalue weighted by atomic mass is 9.89. The van der Waals surface area contributed by atoms with E-state index in [4.69, 9.17) is 5.73 Å². The minimum atomic E-state index is 0.437. The number of nitrogens with one attached hydrogen (secondary N) is 1. The van der Waals surface area contributed by atoms with Crippen LogP contribution in [0.2, 0.25) is 0 Å². The van der Waals surface area contributed by atoms with Crippen LogP contribution in [0.1, 0.15) is 69.8 Å². The van der Waals surface area contributed by atoms with Gasteiger partial charge in [0.25, 0.3) is 0 Å². The Kier molecular flexibility index (Phi) is 7.13. The average Bonchev–Trinajstić information content (AvgIpc) is 3.04. The van der Waals surface area contributed by atoms with Gasteiger partial charge in [-0.2, -0.15) is 0 Å². The monoisotopic (exact) mass is 445 g/mol. The van der Waals surface area contributed by atoms with Crippen LogP contribution in [-0.4, -0.2) is 23.2 Å². The predicted molar refractivity (Wildman–Crippen MR) is 123 cm³/mol. The smallest absolute Gasteiger partial charge is 0.0484 e. The van der Waals surface area contributed by atoms with Crippen LogP contribution in [0.15, 0.2) is 28.9 Å². The third-order valence-corrected chi connectivity index (χ3v) is 7.43. The number of halogens is 1. The molecule has 3 N–H and O–H groups in total. The number of nitrogens with zero attached hydrogens (tertiary/aromatic N) is 1. The molecule has 4 rings (SSSR count). The molecule has 0 atom stereocenters. The third kappa shape index (κ3) is 5.20. The second-order valence-electron chi connectivity index (χ2n) is 9.14. The minimum absolute atomic E-state index is 0.437. The number of benzene rings is 1. The van der Waals surface area contributed by atoms with Crippen molar-refractivity contribution in [3.05, 3.63) is 34.4 Å². The molecule has 0 unspecified atom stereocenters. The molecule has 28 heavy (non-hydrogen) atoms. The second kappa shape index (κ2) is 9.77. The average molecular weight is 446 g/mol. The number of nitrogens with two attached hydrogens (primary N) is 1. The lowest BCUT2D eigenvalue weighted by Crippen LogP contribution is -2.37. The van der Waals surface area contributed by atoms with Gasteiger partial charge in [-0.3, -0.25) is 0 Å². The standard InChI is InChI=1S/C24H36BrN3/c25-20-8-13-24-23(15-20)19(17-28(24)16-18-5-2-1-3-6-18)7-4-14-27-22-11-9-21(26)10-12-22/h8,13,15,17-18,21-22,27H,1-7,9-12,14,16,26H2/t21-,22-. The molecule has 154 valence electrons. The molecule has 1 heterocycles. The summed E-state index contributed by atoms with van der Waals surface area (Å²) in [5.41, 5.74) is 8.96. The Bertz CT molecular complexity index is 755. The summed E-state index contributed by atoms with van der Waals surface area (Å²) >= 11 is 3.68. The van der Waals surface area contributed by atoms with Gasteiger partial charge in [0.1, 0.15) is 0 Å². The first-order valence-corrected chi connectivity index (χ1v) is 12.2. The zero-order valence-electron chi connectivity index (χ0n) is 17.1. The number of hydrogen-bond donors (Lipinski definition) is 2. The van der Waals surface area contributed by atoms with E-state index in [-0.39, 0.29) is 0 Å². The van der Waals surface area contributed by atoms with Crippen molar-refractivity contribution < 1.29 is 0 Å². The summed E-state index contributed by atoms with van der Waals surface area (Å²) in [5.74, 6) is 0.861. The molecule has 0 saturated heterocycles. The quantitative estimate of drug-likeness (QED) is 0.530. The first-order chi connectivity index (χ1) is 13.7. The van der Waals surface area contributed by atoms with Gasteiger partial charge in [-0.1, -0.05) is 35.2 Å². The highest BCUT2D eigenvalue weighted by Gasteiger charge is 2.18. The Labute approximate surface area is 178 Å². The van der Waals surface area contributed by atoms with Crippen LogP contribution in [0, 0.1) is 5.92 Å². The van der Waals surface area contributed by atoms with Crippen molar-refractivity contribution in [1.29, 1.82) is 0 Å². The summed E-state index contributed by atoms with van der Waals surface area (Å²) < 4.78 is 3.73. The van der Waals surface area contributed by atoms with Crippen molar-refractivity contribution in [3.8, 4) is 0 Å². The van der Waals surface area contributed by atoms with Crippen LogP contribution in [0.25, 0.3) is 10.9 Å². The normalized spacial score (nSPS) is 24.1. The van der Waals surface area contributed by atoms with Gasteiger partial charge in [0.15, 0.2) is 0 Å². The number of aromatic nitrogens is 1. The SMILES string of the molecule is N[C@H]1CC[C@H](NCCCc2cn(CC3CCCCC3)c3ccc(Br)cc23)CC1. The van der Waals surface area contributed by atoms with Crippen LogP contribution in [-0.2, 0) is 13.0 Å². The molecule has 3 nitrogen and oxygen atoms in total. The van der Waals surface area contributed by atoms with E-state index >= 15 is 0 Å². The first-order valence-electron chi connectivity index (χ1n) is 11.5. The van der Waals surface area contributed by atoms with E-state index in [1.54, 1.807) is 0 Å². The predicted octanol–water partition coefficient (Wildman–Crippen LogP) is 5.78. The van der Waals surface area contributed by atoms with Gasteiger partial charge in [0.05, 0.1) is 0 Å². The number of aryl methyl sites for hydroxylation is 1. The molecule has 0 spiro atoms. The Balaban J connectivity index is 1.37. The molecule has 2 aliphatic rings. The highest BCUT2D eigenvalue weighted by Crippen LogP contribution is 2.30. The van der Waals surface area contributed by atoms with Crippen LogP contribution in [0.3, 0.4) is 0 Å². The summed E-state index contributed by atoms with van der Waals surface area (Å²) in [5, 5.41) is 5.21. The number of hydrogen-bond acceptors (Lipinski definition) is 2. The van der Waals surface area contributed by atoms with Crippen LogP contribution < -0.4 is 11.1 Å². The van der Waals surface area contributed by atoms with Gasteiger partial charge >= 0.3 is 0 Å². The Hall–Kier alpha value is -0.840. The van der Waals surface area contributed by atoms with E-state index in [9.17, 15) is 0 Å². The molecule has 2 fully saturated rings. The van der Waals surface area contributed by atoms with Gasteiger partial charge in [0, 0.05) is 40.2 Å². The molecule has 1 aromatic heterocycles. The Morgan fingerprint density at radius 2 is 1.82 bits per heavy atom. The Morgan fingerprint density at radius 3 is 2.61 bits per heavy atom. The summed E-state index contributed by atoms with van der Waals surface area (Å²) in [7, 11) is 0. The molecule has 0 aliphatic heterocycles. The molecule has 2 saturated carbocycles. The summed E-state index contributed by atoms with van der Waals surface area (Å²) in [6.45, 7) is 2.31. The fourth-order valence-corrected chi connectivity index (χ4v) is 5.61. The number of rotatable bonds is 7. The maximum absolute atomic E-state index is 6.03. The topological polar surface area (TPSA) is 43.0 Å². The molecule has 0 bridgehead atoms. The van der Waals surface area contributed by atoms with Crippen molar-refractivity contribution in [1.82, 2.24) is 9.88 Å². The van der Waals surface area contributed by atoms with Crippen LogP contribution >= 0.6 is 15.9 Å². The second-order valence-corrected chi connectivity index (χ2v) is 10.1. The van der Waals surface area contributed by atoms with Crippen molar-refractivity contribution in [3.63, 3.8) is 0 Å². The first kappa shape index (κ1) is 20.4. The van der Waals surface area contributed by atoms with Gasteiger partial charge in [-0.05, 0) is 87.6 Å². The van der Waals surface area contributed by atoms with E-state index in [2.05, 4.69) is 50.2 Å². The largest absolute Gasteiger partial charge is 0.347 e. The fourth-order valence-electron chi connectivity index (χ4n) is 5.25. The van der Waals surface area contributed by atoms with E-state index in [1.165, 1.54) is 91.7 Å². The summed E-state index contributed by atoms with van der Waals surface area (Å²) in [6, 6.07) is 7.93. The minimum Gasteiger partial charge on any atom is -0.347 e. The van der Waals surface area contributed by atoms with Gasteiger partial charge in [0.2, 0.25) is 0 Å². The van der Waals surface area contributed by atoms with Crippen molar-refractivity contribution >= 4 is 26.8 Å². The summed E-state index contributed by atoms with van der Waals surface area (Å²) in [4.78, 5) is 0. The third-order valence-electron chi connectivity index (χ3n) is 6.93. The Morgan fingerprint density at radius 1 is 1.04 bits per heavy atom. The summed E-state index contributed by atoms with van der Waals surface area (Å²) in [6.07, 6.45) is 16.7. The molecule has 0 amide bonds. The zero-order valence-corrected chi connectivity index (χ0v) is 18.7. The van der Waals surface area contributed by atoms with Gasteiger partial charge in [-0.15, -0.1) is 0 Å². The highest BCUT2D eigenvalue weighted by molar-refractivity contribution is 9.10. The molecular weight excluding hydrogens is 410 g/mol. The van der Waals surface area contributed by atoms with Crippen LogP contribution in [0.4, 0.5) is 0 Å². The van der Waals surface area contributed by atoms with Crippen molar-refractivity contribution in [2.45, 2.75) is 89.3 Å². The molecule has 1 aromatic carbocycles. The van der Waals surface area contributed by atoms with E-state index in [0.29, 0.717) is 12.1 Å². The lowest BCUT2D eigenvalue weighted by molar-refractivity contribution is 0.322. The van der Waals surface area contributed by atoms with Crippen molar-refractivity contribution in [2.75, 3.05) is 6.54 Å². The molecular formula is C24H36BrN3. The molecule has 2 aromatic rings. The van der Waals surface area contributed by atoms with E-state index < -0.39 is 0 Å². The van der Waals surface area contributed by atoms with E-state index in [1.807, 2.05) is 0 Å². The number of fused-ring (bicyclic) bond motifs is 1. The molecule has 2 aliphatic carbocycles. The fraction of sp³-hybridized carbons (Fsp3) is 0.667. The van der Waals surface area contributed by atoms with E-state index in [0.717, 1.165) is 18.9 Å². The highest BCUT2D eigenvalue weighted by atomic mass is 79.9. The van der Waals surface area contributed by atoms with Gasteiger partial charge in [-0.25, -0.2) is 0 Å². The van der Waals surface area contributed by atoms with Crippen molar-refractivity contribution in [2.24, 2.45) is 11.7 Å². The van der Waals surface area contributed by atoms with Crippen LogP contribution in [0.5, 0.6) is 0 Å². The zero-order chi connectivity index (χ0) is 19.3. The maximum Gasteiger partial charge on any atom is 0.0484 e. The molecule has 0 radical (unpaired) electrons.